The molecule has 2 aliphatic rings. The number of hydrogen-bond donors (Lipinski definition) is 0. The maximum absolute atomic E-state index is 16.2. The van der Waals surface area contributed by atoms with Crippen LogP contribution in [0.5, 0.6) is 0 Å². The first-order chi connectivity index (χ1) is 16.9. The van der Waals surface area contributed by atoms with E-state index in [1.807, 2.05) is 26.0 Å². The van der Waals surface area contributed by atoms with E-state index in [9.17, 15) is 4.39 Å². The molecule has 0 N–H and O–H groups in total. The number of nitrogens with zero attached hydrogens (tertiary/aromatic N) is 4. The Hall–Kier alpha value is -3.19. The van der Waals surface area contributed by atoms with E-state index in [2.05, 4.69) is 14.9 Å². The van der Waals surface area contributed by atoms with E-state index in [-0.39, 0.29) is 22.6 Å². The average Bonchev–Trinajstić information content (AvgIpc) is 2.83. The van der Waals surface area contributed by atoms with Crippen LogP contribution in [0.3, 0.4) is 0 Å². The van der Waals surface area contributed by atoms with Crippen LogP contribution < -0.4 is 4.90 Å². The Bertz CT molecular complexity index is 1480. The molecule has 0 radical (unpaired) electrons. The second-order valence-corrected chi connectivity index (χ2v) is 9.87. The lowest BCUT2D eigenvalue weighted by Gasteiger charge is -2.48. The first kappa shape index (κ1) is 22.3. The van der Waals surface area contributed by atoms with Crippen LogP contribution in [-0.2, 0) is 11.2 Å². The van der Waals surface area contributed by atoms with Crippen molar-refractivity contribution in [1.29, 1.82) is 0 Å². The molecule has 0 aliphatic carbocycles. The summed E-state index contributed by atoms with van der Waals surface area (Å²) in [6.07, 6.45) is 5.25. The highest BCUT2D eigenvalue weighted by Crippen LogP contribution is 2.40. The molecule has 0 bridgehead atoms. The van der Waals surface area contributed by atoms with Crippen LogP contribution in [0.25, 0.3) is 32.9 Å². The molecule has 6 rings (SSSR count). The summed E-state index contributed by atoms with van der Waals surface area (Å²) < 4.78 is 36.9. The predicted octanol–water partition coefficient (Wildman–Crippen LogP) is 6.06. The molecular formula is C28H28F2N4O. The van der Waals surface area contributed by atoms with Gasteiger partial charge in [-0.25, -0.2) is 18.7 Å². The third-order valence-electron chi connectivity index (χ3n) is 7.50. The lowest BCUT2D eigenvalue weighted by Crippen LogP contribution is -2.56. The van der Waals surface area contributed by atoms with Crippen LogP contribution in [0.4, 0.5) is 14.6 Å². The van der Waals surface area contributed by atoms with Crippen LogP contribution >= 0.6 is 0 Å². The Morgan fingerprint density at radius 1 is 1.11 bits per heavy atom. The highest BCUT2D eigenvalue weighted by molar-refractivity contribution is 6.01. The minimum absolute atomic E-state index is 0.115. The van der Waals surface area contributed by atoms with Crippen molar-refractivity contribution in [1.82, 2.24) is 15.0 Å². The fourth-order valence-electron chi connectivity index (χ4n) is 5.77. The predicted molar refractivity (Wildman–Crippen MR) is 134 cm³/mol. The van der Waals surface area contributed by atoms with Gasteiger partial charge in [0, 0.05) is 31.3 Å². The van der Waals surface area contributed by atoms with Gasteiger partial charge in [-0.3, -0.25) is 4.98 Å². The molecule has 1 spiro atoms. The topological polar surface area (TPSA) is 51.1 Å². The minimum Gasteiger partial charge on any atom is -0.373 e. The van der Waals surface area contributed by atoms with Crippen LogP contribution in [0.2, 0.25) is 0 Å². The largest absolute Gasteiger partial charge is 0.373 e. The lowest BCUT2D eigenvalue weighted by atomic mass is 9.86. The third kappa shape index (κ3) is 3.56. The number of ether oxygens (including phenoxy) is 1. The van der Waals surface area contributed by atoms with Crippen molar-refractivity contribution in [2.24, 2.45) is 0 Å². The molecule has 35 heavy (non-hydrogen) atoms. The van der Waals surface area contributed by atoms with Gasteiger partial charge in [0.05, 0.1) is 17.6 Å². The summed E-state index contributed by atoms with van der Waals surface area (Å²) in [5, 5.41) is 2.17. The normalized spacial score (nSPS) is 20.1. The summed E-state index contributed by atoms with van der Waals surface area (Å²) in [6.45, 7) is 8.02. The van der Waals surface area contributed by atoms with Crippen LogP contribution in [0.1, 0.15) is 43.1 Å². The summed E-state index contributed by atoms with van der Waals surface area (Å²) in [5.41, 5.74) is 2.44. The van der Waals surface area contributed by atoms with Crippen molar-refractivity contribution < 1.29 is 13.5 Å². The zero-order chi connectivity index (χ0) is 24.3. The zero-order valence-electron chi connectivity index (χ0n) is 20.3. The molecule has 2 aromatic heterocycles. The Morgan fingerprint density at radius 2 is 1.94 bits per heavy atom. The van der Waals surface area contributed by atoms with Crippen LogP contribution in [-0.4, -0.2) is 40.2 Å². The first-order valence-corrected chi connectivity index (χ1v) is 12.3. The fourth-order valence-corrected chi connectivity index (χ4v) is 5.77. The monoisotopic (exact) mass is 474 g/mol. The fraction of sp³-hybridized carbons (Fsp3) is 0.393. The van der Waals surface area contributed by atoms with Crippen molar-refractivity contribution in [2.45, 2.75) is 52.1 Å². The van der Waals surface area contributed by atoms with Gasteiger partial charge in [0.15, 0.2) is 5.82 Å². The van der Waals surface area contributed by atoms with E-state index in [1.165, 1.54) is 6.07 Å². The van der Waals surface area contributed by atoms with Gasteiger partial charge in [-0.2, -0.15) is 0 Å². The van der Waals surface area contributed by atoms with E-state index >= 15 is 4.39 Å². The summed E-state index contributed by atoms with van der Waals surface area (Å²) in [6, 6.07) is 7.11. The summed E-state index contributed by atoms with van der Waals surface area (Å²) >= 11 is 0. The Kier molecular flexibility index (Phi) is 5.22. The number of halogens is 2. The number of fused-ring (bicyclic) bond motifs is 2. The van der Waals surface area contributed by atoms with Gasteiger partial charge in [-0.15, -0.1) is 0 Å². The molecule has 2 aliphatic heterocycles. The number of pyridine rings is 1. The van der Waals surface area contributed by atoms with E-state index in [0.717, 1.165) is 49.9 Å². The van der Waals surface area contributed by atoms with Crippen molar-refractivity contribution >= 4 is 27.5 Å². The van der Waals surface area contributed by atoms with Crippen molar-refractivity contribution in [3.05, 3.63) is 59.0 Å². The quantitative estimate of drug-likeness (QED) is 0.361. The SMILES string of the molecule is CCc1c(F)ccc2cc(C)cc(-c3ncc4c(N5CCCC6(CCO6)C5)nc(C)nc4c3F)c12. The zero-order valence-corrected chi connectivity index (χ0v) is 20.3. The number of rotatable bonds is 3. The minimum atomic E-state index is -0.501. The van der Waals surface area contributed by atoms with Gasteiger partial charge < -0.3 is 9.64 Å². The van der Waals surface area contributed by atoms with E-state index in [4.69, 9.17) is 9.72 Å². The molecule has 0 saturated carbocycles. The highest BCUT2D eigenvalue weighted by Gasteiger charge is 2.42. The van der Waals surface area contributed by atoms with Crippen LogP contribution in [0.15, 0.2) is 30.5 Å². The van der Waals surface area contributed by atoms with Crippen molar-refractivity contribution in [3.63, 3.8) is 0 Å². The van der Waals surface area contributed by atoms with Crippen molar-refractivity contribution in [3.8, 4) is 11.3 Å². The van der Waals surface area contributed by atoms with Gasteiger partial charge in [0.2, 0.25) is 0 Å². The number of hydrogen-bond acceptors (Lipinski definition) is 5. The number of anilines is 1. The summed E-state index contributed by atoms with van der Waals surface area (Å²) in [5.74, 6) is 0.421. The second-order valence-electron chi connectivity index (χ2n) is 9.87. The molecule has 5 nitrogen and oxygen atoms in total. The van der Waals surface area contributed by atoms with Gasteiger partial charge >= 0.3 is 0 Å². The van der Waals surface area contributed by atoms with Crippen molar-refractivity contribution in [2.75, 3.05) is 24.6 Å². The Morgan fingerprint density at radius 3 is 2.69 bits per heavy atom. The average molecular weight is 475 g/mol. The number of aromatic nitrogens is 3. The molecule has 4 heterocycles. The van der Waals surface area contributed by atoms with Gasteiger partial charge in [-0.1, -0.05) is 19.1 Å². The van der Waals surface area contributed by atoms with E-state index in [1.54, 1.807) is 19.2 Å². The molecule has 4 aromatic rings. The summed E-state index contributed by atoms with van der Waals surface area (Å²) in [7, 11) is 0. The molecule has 180 valence electrons. The molecule has 2 saturated heterocycles. The number of benzene rings is 2. The van der Waals surface area contributed by atoms with Crippen LogP contribution in [0, 0.1) is 25.5 Å². The lowest BCUT2D eigenvalue weighted by molar-refractivity contribution is -0.151. The molecule has 2 fully saturated rings. The Labute approximate surface area is 203 Å². The first-order valence-electron chi connectivity index (χ1n) is 12.3. The summed E-state index contributed by atoms with van der Waals surface area (Å²) in [4.78, 5) is 16.0. The van der Waals surface area contributed by atoms with E-state index < -0.39 is 5.82 Å². The molecule has 1 atom stereocenters. The number of aryl methyl sites for hydroxylation is 3. The molecular weight excluding hydrogens is 446 g/mol. The molecule has 7 heteroatoms. The van der Waals surface area contributed by atoms with Gasteiger partial charge in [0.1, 0.15) is 28.7 Å². The third-order valence-corrected chi connectivity index (χ3v) is 7.50. The molecule has 0 amide bonds. The van der Waals surface area contributed by atoms with Gasteiger partial charge in [0.25, 0.3) is 0 Å². The maximum atomic E-state index is 16.2. The second kappa shape index (κ2) is 8.19. The highest BCUT2D eigenvalue weighted by atomic mass is 19.1. The van der Waals surface area contributed by atoms with Gasteiger partial charge in [-0.05, 0) is 67.1 Å². The van der Waals surface area contributed by atoms with E-state index in [0.29, 0.717) is 40.0 Å². The number of piperidine rings is 1. The Balaban J connectivity index is 1.55. The standard InChI is InChI=1S/C28H28F2N4O/c1-4-19-22(29)7-6-18-12-16(2)13-20(23(18)19)25-24(30)26-21(14-31-25)27(33-17(3)32-26)34-10-5-8-28(15-34)9-11-35-28/h6-7,12-14H,4-5,8-11,15H2,1-3H3. The molecule has 2 aromatic carbocycles. The molecule has 1 unspecified atom stereocenters. The smallest absolute Gasteiger partial charge is 0.175 e. The maximum Gasteiger partial charge on any atom is 0.175 e.